The van der Waals surface area contributed by atoms with Crippen molar-refractivity contribution in [1.82, 2.24) is 3.11 Å². The maximum atomic E-state index is 9.50. The van der Waals surface area contributed by atoms with E-state index in [1.54, 1.807) is 0 Å². The highest BCUT2D eigenvalue weighted by atomic mass is 127. The molecular weight excluding hydrogens is 229 g/mol. The monoisotopic (exact) mass is 241 g/mol. The molecule has 0 spiro atoms. The second-order valence-electron chi connectivity index (χ2n) is 2.94. The van der Waals surface area contributed by atoms with Crippen LogP contribution in [-0.4, -0.2) is 26.9 Å². The molecule has 1 atom stereocenters. The van der Waals surface area contributed by atoms with Crippen molar-refractivity contribution in [2.24, 2.45) is 0 Å². The molecule has 0 radical (unpaired) electrons. The Bertz CT molecular complexity index is 105. The van der Waals surface area contributed by atoms with Gasteiger partial charge in [-0.25, -0.2) is 3.11 Å². The Morgan fingerprint density at radius 3 is 2.67 bits per heavy atom. The number of nitrogens with zero attached hydrogens (tertiary/aromatic N) is 1. The third-order valence-corrected chi connectivity index (χ3v) is 2.45. The minimum atomic E-state index is -0.431. The minimum Gasteiger partial charge on any atom is -0.389 e. The summed E-state index contributed by atoms with van der Waals surface area (Å²) in [4.78, 5) is 0. The highest BCUT2D eigenvalue weighted by Gasteiger charge is 2.26. The molecule has 0 bridgehead atoms. The van der Waals surface area contributed by atoms with Crippen LogP contribution in [0.2, 0.25) is 0 Å². The van der Waals surface area contributed by atoms with Crippen LogP contribution >= 0.6 is 22.9 Å². The lowest BCUT2D eigenvalue weighted by Crippen LogP contribution is -2.41. The molecule has 1 unspecified atom stereocenters. The molecular formula is C6H12INO. The molecule has 1 saturated heterocycles. The van der Waals surface area contributed by atoms with Gasteiger partial charge in [-0.05, 0) is 19.8 Å². The molecule has 54 valence electrons. The number of rotatable bonds is 0. The summed E-state index contributed by atoms with van der Waals surface area (Å²) in [5, 5.41) is 9.50. The molecule has 0 aromatic rings. The Labute approximate surface area is 69.7 Å². The Morgan fingerprint density at radius 2 is 2.33 bits per heavy atom. The van der Waals surface area contributed by atoms with Crippen molar-refractivity contribution in [2.45, 2.75) is 25.4 Å². The average Bonchev–Trinajstić information content (AvgIpc) is 1.60. The zero-order valence-corrected chi connectivity index (χ0v) is 7.76. The van der Waals surface area contributed by atoms with E-state index in [1.807, 2.05) is 6.92 Å². The van der Waals surface area contributed by atoms with Crippen LogP contribution in [0.5, 0.6) is 0 Å². The minimum absolute atomic E-state index is 0.431. The molecule has 0 aromatic heterocycles. The summed E-state index contributed by atoms with van der Waals surface area (Å²) >= 11 is 2.26. The van der Waals surface area contributed by atoms with Gasteiger partial charge < -0.3 is 5.11 Å². The molecule has 3 heteroatoms. The fourth-order valence-electron chi connectivity index (χ4n) is 1.16. The number of halogens is 1. The highest BCUT2D eigenvalue weighted by Crippen LogP contribution is 2.21. The van der Waals surface area contributed by atoms with Gasteiger partial charge in [0.2, 0.25) is 0 Å². The first-order valence-corrected chi connectivity index (χ1v) is 4.20. The summed E-state index contributed by atoms with van der Waals surface area (Å²) in [6.45, 7) is 3.84. The largest absolute Gasteiger partial charge is 0.389 e. The van der Waals surface area contributed by atoms with Crippen LogP contribution in [0.4, 0.5) is 0 Å². The van der Waals surface area contributed by atoms with Crippen LogP contribution in [0.3, 0.4) is 0 Å². The van der Waals surface area contributed by atoms with E-state index in [0.29, 0.717) is 0 Å². The summed E-state index contributed by atoms with van der Waals surface area (Å²) in [6, 6.07) is 0. The molecule has 1 N–H and O–H groups in total. The van der Waals surface area contributed by atoms with Gasteiger partial charge in [-0.1, -0.05) is 0 Å². The SMILES string of the molecule is CC1(O)CCCN(I)C1. The van der Waals surface area contributed by atoms with Gasteiger partial charge in [0.1, 0.15) is 0 Å². The fourth-order valence-corrected chi connectivity index (χ4v) is 2.24. The van der Waals surface area contributed by atoms with Crippen molar-refractivity contribution < 1.29 is 5.11 Å². The fraction of sp³-hybridized carbons (Fsp3) is 1.00. The standard InChI is InChI=1S/C6H12INO/c1-6(9)3-2-4-8(7)5-6/h9H,2-5H2,1H3. The van der Waals surface area contributed by atoms with Crippen molar-refractivity contribution in [3.63, 3.8) is 0 Å². The summed E-state index contributed by atoms with van der Waals surface area (Å²) in [7, 11) is 0. The molecule has 1 aliphatic heterocycles. The Morgan fingerprint density at radius 1 is 1.67 bits per heavy atom. The summed E-state index contributed by atoms with van der Waals surface area (Å²) in [5.41, 5.74) is -0.431. The quantitative estimate of drug-likeness (QED) is 0.508. The van der Waals surface area contributed by atoms with Crippen molar-refractivity contribution in [3.05, 3.63) is 0 Å². The number of aliphatic hydroxyl groups is 1. The number of piperidine rings is 1. The predicted molar refractivity (Wildman–Crippen MR) is 45.5 cm³/mol. The molecule has 1 heterocycles. The van der Waals surface area contributed by atoms with Gasteiger partial charge in [-0.3, -0.25) is 0 Å². The Hall–Kier alpha value is 0.650. The molecule has 1 fully saturated rings. The van der Waals surface area contributed by atoms with E-state index in [4.69, 9.17) is 0 Å². The second kappa shape index (κ2) is 2.72. The van der Waals surface area contributed by atoms with Gasteiger partial charge in [0.05, 0.1) is 5.60 Å². The summed E-state index contributed by atoms with van der Waals surface area (Å²) < 4.78 is 2.14. The molecule has 2 nitrogen and oxygen atoms in total. The second-order valence-corrected chi connectivity index (χ2v) is 4.31. The molecule has 0 aromatic carbocycles. The number of β-amino-alcohol motifs (C(OH)–C–C–N with tert-alkyl or cyclic N) is 1. The van der Waals surface area contributed by atoms with Gasteiger partial charge >= 0.3 is 0 Å². The third-order valence-electron chi connectivity index (χ3n) is 1.63. The van der Waals surface area contributed by atoms with Crippen molar-refractivity contribution in [2.75, 3.05) is 13.1 Å². The van der Waals surface area contributed by atoms with E-state index >= 15 is 0 Å². The normalized spacial score (nSPS) is 39.0. The van der Waals surface area contributed by atoms with Crippen LogP contribution in [0.1, 0.15) is 19.8 Å². The van der Waals surface area contributed by atoms with Gasteiger partial charge in [-0.15, -0.1) is 0 Å². The maximum Gasteiger partial charge on any atom is 0.0754 e. The lowest BCUT2D eigenvalue weighted by atomic mass is 9.97. The first kappa shape index (κ1) is 7.75. The van der Waals surface area contributed by atoms with Gasteiger partial charge in [0, 0.05) is 36.0 Å². The van der Waals surface area contributed by atoms with Gasteiger partial charge in [0.15, 0.2) is 0 Å². The van der Waals surface area contributed by atoms with Crippen molar-refractivity contribution in [1.29, 1.82) is 0 Å². The molecule has 0 saturated carbocycles. The topological polar surface area (TPSA) is 23.5 Å². The van der Waals surface area contributed by atoms with E-state index in [-0.39, 0.29) is 0 Å². The molecule has 1 rings (SSSR count). The predicted octanol–water partition coefficient (Wildman–Crippen LogP) is 1.18. The molecule has 0 amide bonds. The smallest absolute Gasteiger partial charge is 0.0754 e. The van der Waals surface area contributed by atoms with Crippen molar-refractivity contribution >= 4 is 22.9 Å². The van der Waals surface area contributed by atoms with Crippen LogP contribution in [0.15, 0.2) is 0 Å². The summed E-state index contributed by atoms with van der Waals surface area (Å²) in [5.74, 6) is 0. The van der Waals surface area contributed by atoms with E-state index in [2.05, 4.69) is 26.0 Å². The Balaban J connectivity index is 2.41. The zero-order valence-electron chi connectivity index (χ0n) is 5.60. The molecule has 1 aliphatic rings. The van der Waals surface area contributed by atoms with Gasteiger partial charge in [0.25, 0.3) is 0 Å². The first-order chi connectivity index (χ1) is 4.10. The van der Waals surface area contributed by atoms with E-state index in [9.17, 15) is 5.11 Å². The average molecular weight is 241 g/mol. The first-order valence-electron chi connectivity index (χ1n) is 3.23. The third kappa shape index (κ3) is 2.39. The van der Waals surface area contributed by atoms with Gasteiger partial charge in [-0.2, -0.15) is 0 Å². The maximum absolute atomic E-state index is 9.50. The lowest BCUT2D eigenvalue weighted by Gasteiger charge is -2.32. The van der Waals surface area contributed by atoms with E-state index in [0.717, 1.165) is 25.9 Å². The van der Waals surface area contributed by atoms with Crippen molar-refractivity contribution in [3.8, 4) is 0 Å². The van der Waals surface area contributed by atoms with Crippen LogP contribution in [0, 0.1) is 0 Å². The molecule has 9 heavy (non-hydrogen) atoms. The number of hydrogen-bond acceptors (Lipinski definition) is 2. The van der Waals surface area contributed by atoms with Crippen LogP contribution in [0.25, 0.3) is 0 Å². The Kier molecular flexibility index (Phi) is 2.34. The lowest BCUT2D eigenvalue weighted by molar-refractivity contribution is 0.0167. The van der Waals surface area contributed by atoms with Crippen LogP contribution in [-0.2, 0) is 0 Å². The number of hydrogen-bond donors (Lipinski definition) is 1. The van der Waals surface area contributed by atoms with E-state index < -0.39 is 5.60 Å². The summed E-state index contributed by atoms with van der Waals surface area (Å²) in [6.07, 6.45) is 2.07. The highest BCUT2D eigenvalue weighted by molar-refractivity contribution is 14.1. The van der Waals surface area contributed by atoms with Crippen LogP contribution < -0.4 is 0 Å². The zero-order chi connectivity index (χ0) is 6.91. The van der Waals surface area contributed by atoms with E-state index in [1.165, 1.54) is 0 Å². The molecule has 0 aliphatic carbocycles.